The minimum atomic E-state index is -0.395. The number of thiazole rings is 1. The van der Waals surface area contributed by atoms with Gasteiger partial charge in [-0.2, -0.15) is 0 Å². The molecule has 2 aromatic carbocycles. The number of hydrogen-bond acceptors (Lipinski definition) is 6. The van der Waals surface area contributed by atoms with Gasteiger partial charge in [0.25, 0.3) is 5.91 Å². The molecule has 0 bridgehead atoms. The zero-order chi connectivity index (χ0) is 20.5. The molecule has 146 valence electrons. The summed E-state index contributed by atoms with van der Waals surface area (Å²) in [6.07, 6.45) is 3.33. The number of aromatic nitrogens is 1. The van der Waals surface area contributed by atoms with E-state index in [0.717, 1.165) is 5.22 Å². The predicted molar refractivity (Wildman–Crippen MR) is 114 cm³/mol. The van der Waals surface area contributed by atoms with E-state index in [1.54, 1.807) is 50.6 Å². The second-order valence-electron chi connectivity index (χ2n) is 6.15. The minimum Gasteiger partial charge on any atom is -0.497 e. The minimum absolute atomic E-state index is 0.0567. The lowest BCUT2D eigenvalue weighted by molar-refractivity contribution is -0.114. The summed E-state index contributed by atoms with van der Waals surface area (Å²) in [6, 6.07) is 12.6. The third-order valence-corrected chi connectivity index (χ3v) is 5.75. The van der Waals surface area contributed by atoms with Gasteiger partial charge in [-0.05, 0) is 48.6 Å². The number of carbonyl (C=O) groups is 1. The van der Waals surface area contributed by atoms with Crippen molar-refractivity contribution < 1.29 is 19.4 Å². The summed E-state index contributed by atoms with van der Waals surface area (Å²) >= 11 is 6.64. The summed E-state index contributed by atoms with van der Waals surface area (Å²) < 4.78 is 12.5. The first kappa shape index (κ1) is 19.1. The van der Waals surface area contributed by atoms with Crippen LogP contribution in [0, 0.1) is 3.95 Å². The summed E-state index contributed by atoms with van der Waals surface area (Å²) in [5.74, 6) is 0.756. The van der Waals surface area contributed by atoms with E-state index in [4.69, 9.17) is 21.7 Å². The van der Waals surface area contributed by atoms with Crippen LogP contribution in [0.3, 0.4) is 0 Å². The number of benzene rings is 2. The number of amides is 1. The van der Waals surface area contributed by atoms with Crippen molar-refractivity contribution in [2.24, 2.45) is 4.99 Å². The molecule has 4 rings (SSSR count). The lowest BCUT2D eigenvalue weighted by Crippen LogP contribution is -2.30. The predicted octanol–water partition coefficient (Wildman–Crippen LogP) is 3.01. The molecule has 1 aliphatic heterocycles. The molecule has 0 radical (unpaired) electrons. The molecule has 0 atom stereocenters. The van der Waals surface area contributed by atoms with Crippen molar-refractivity contribution >= 4 is 41.6 Å². The Hall–Kier alpha value is -3.23. The fourth-order valence-electron chi connectivity index (χ4n) is 3.02. The Morgan fingerprint density at radius 1 is 1.17 bits per heavy atom. The summed E-state index contributed by atoms with van der Waals surface area (Å²) in [5, 5.41) is 12.1. The molecule has 1 N–H and O–H groups in total. The van der Waals surface area contributed by atoms with Gasteiger partial charge in [-0.15, -0.1) is 11.3 Å². The molecule has 0 unspecified atom stereocenters. The first-order valence-electron chi connectivity index (χ1n) is 8.60. The van der Waals surface area contributed by atoms with Crippen molar-refractivity contribution in [1.29, 1.82) is 0 Å². The zero-order valence-corrected chi connectivity index (χ0v) is 17.2. The van der Waals surface area contributed by atoms with Gasteiger partial charge in [-0.25, -0.2) is 4.99 Å². The highest BCUT2D eigenvalue weighted by Crippen LogP contribution is 2.35. The fourth-order valence-corrected chi connectivity index (χ4v) is 4.31. The highest BCUT2D eigenvalue weighted by atomic mass is 32.1. The van der Waals surface area contributed by atoms with Gasteiger partial charge in [0, 0.05) is 16.9 Å². The van der Waals surface area contributed by atoms with E-state index in [9.17, 15) is 9.90 Å². The molecule has 2 heterocycles. The number of rotatable bonds is 4. The van der Waals surface area contributed by atoms with Crippen LogP contribution < -0.4 is 20.0 Å². The van der Waals surface area contributed by atoms with Gasteiger partial charge in [0.15, 0.2) is 3.95 Å². The average Bonchev–Trinajstić information content (AvgIpc) is 3.01. The van der Waals surface area contributed by atoms with E-state index in [2.05, 4.69) is 4.99 Å². The quantitative estimate of drug-likeness (QED) is 0.515. The molecule has 0 fully saturated rings. The maximum absolute atomic E-state index is 12.5. The third kappa shape index (κ3) is 3.48. The lowest BCUT2D eigenvalue weighted by Gasteiger charge is -2.10. The van der Waals surface area contributed by atoms with Gasteiger partial charge in [-0.3, -0.25) is 9.36 Å². The number of carbonyl (C=O) groups excluding carboxylic acids is 1. The molecule has 0 spiro atoms. The molecule has 0 saturated carbocycles. The molecular formula is C21H16N2O4S2. The van der Waals surface area contributed by atoms with E-state index >= 15 is 0 Å². The molecule has 3 aromatic rings. The van der Waals surface area contributed by atoms with E-state index < -0.39 is 5.91 Å². The maximum Gasteiger partial charge on any atom is 0.277 e. The third-order valence-electron chi connectivity index (χ3n) is 4.44. The topological polar surface area (TPSA) is 73.0 Å². The Kier molecular flexibility index (Phi) is 5.04. The number of nitrogens with zero attached hydrogens (tertiary/aromatic N) is 2. The lowest BCUT2D eigenvalue weighted by atomic mass is 10.1. The van der Waals surface area contributed by atoms with E-state index in [1.165, 1.54) is 15.9 Å². The van der Waals surface area contributed by atoms with Crippen molar-refractivity contribution in [3.05, 3.63) is 67.4 Å². The van der Waals surface area contributed by atoms with E-state index in [1.807, 2.05) is 18.2 Å². The molecule has 29 heavy (non-hydrogen) atoms. The Morgan fingerprint density at radius 3 is 2.72 bits per heavy atom. The Balaban J connectivity index is 1.83. The van der Waals surface area contributed by atoms with Crippen LogP contribution in [0.2, 0.25) is 0 Å². The molecule has 8 heteroatoms. The largest absolute Gasteiger partial charge is 0.497 e. The summed E-state index contributed by atoms with van der Waals surface area (Å²) in [7, 11) is 3.11. The van der Waals surface area contributed by atoms with Crippen LogP contribution >= 0.6 is 23.6 Å². The molecule has 6 nitrogen and oxygen atoms in total. The number of ether oxygens (including phenoxy) is 2. The van der Waals surface area contributed by atoms with Crippen molar-refractivity contribution in [2.75, 3.05) is 14.2 Å². The van der Waals surface area contributed by atoms with E-state index in [-0.39, 0.29) is 5.88 Å². The smallest absolute Gasteiger partial charge is 0.277 e. The van der Waals surface area contributed by atoms with Gasteiger partial charge < -0.3 is 14.6 Å². The fraction of sp³-hybridized carbons (Fsp3) is 0.0952. The van der Waals surface area contributed by atoms with E-state index in [0.29, 0.717) is 36.9 Å². The first-order valence-corrected chi connectivity index (χ1v) is 9.83. The Labute approximate surface area is 175 Å². The molecule has 0 saturated heterocycles. The second kappa shape index (κ2) is 7.65. The first-order chi connectivity index (χ1) is 14.0. The number of methoxy groups -OCH3 is 2. The maximum atomic E-state index is 12.5. The number of hydrogen-bond donors (Lipinski definition) is 1. The highest BCUT2D eigenvalue weighted by molar-refractivity contribution is 7.73. The standard InChI is InChI=1S/C21H16N2O4S2/c1-26-14-8-7-12-9-13(19(24)22-15(12)11-14)10-18-20(25)23(21(28)29-18)16-5-3-4-6-17(16)27-2/h3-11,25H,1-2H3/b13-10-. The second-order valence-corrected chi connectivity index (χ2v) is 7.82. The zero-order valence-electron chi connectivity index (χ0n) is 15.6. The number of para-hydroxylation sites is 2. The van der Waals surface area contributed by atoms with Crippen molar-refractivity contribution in [1.82, 2.24) is 4.57 Å². The molecule has 1 aliphatic rings. The highest BCUT2D eigenvalue weighted by Gasteiger charge is 2.18. The van der Waals surface area contributed by atoms with Crippen molar-refractivity contribution in [3.8, 4) is 23.1 Å². The van der Waals surface area contributed by atoms with Gasteiger partial charge in [0.1, 0.15) is 11.5 Å². The Bertz CT molecular complexity index is 1340. The van der Waals surface area contributed by atoms with Gasteiger partial charge in [-0.1, -0.05) is 12.1 Å². The average molecular weight is 425 g/mol. The van der Waals surface area contributed by atoms with Crippen LogP contribution in [0.25, 0.3) is 17.8 Å². The normalized spacial score (nSPS) is 14.1. The van der Waals surface area contributed by atoms with Gasteiger partial charge in [0.05, 0.1) is 30.1 Å². The number of fused-ring (bicyclic) bond motifs is 1. The SMILES string of the molecule is COc1ccc2c(c1)=NC(=O)/C(=C\c1sc(=S)n(-c3ccccc3OC)c1O)C=2. The summed E-state index contributed by atoms with van der Waals surface area (Å²) in [5.41, 5.74) is 0.987. The van der Waals surface area contributed by atoms with Crippen molar-refractivity contribution in [2.45, 2.75) is 0 Å². The van der Waals surface area contributed by atoms with Gasteiger partial charge >= 0.3 is 0 Å². The van der Waals surface area contributed by atoms with Gasteiger partial charge in [0.2, 0.25) is 5.88 Å². The summed E-state index contributed by atoms with van der Waals surface area (Å²) in [4.78, 5) is 17.1. The molecule has 1 amide bonds. The molecular weight excluding hydrogens is 408 g/mol. The van der Waals surface area contributed by atoms with Crippen LogP contribution in [0.1, 0.15) is 4.88 Å². The van der Waals surface area contributed by atoms with Crippen LogP contribution in [-0.4, -0.2) is 29.8 Å². The van der Waals surface area contributed by atoms with Crippen molar-refractivity contribution in [3.63, 3.8) is 0 Å². The number of aromatic hydroxyl groups is 1. The molecule has 0 aliphatic carbocycles. The van der Waals surface area contributed by atoms with Crippen LogP contribution in [0.5, 0.6) is 17.4 Å². The van der Waals surface area contributed by atoms with Crippen LogP contribution in [0.4, 0.5) is 0 Å². The monoisotopic (exact) mass is 424 g/mol. The van der Waals surface area contributed by atoms with Crippen LogP contribution in [-0.2, 0) is 4.79 Å². The summed E-state index contributed by atoms with van der Waals surface area (Å²) in [6.45, 7) is 0. The molecule has 1 aromatic heterocycles. The van der Waals surface area contributed by atoms with Crippen LogP contribution in [0.15, 0.2) is 53.0 Å². The Morgan fingerprint density at radius 2 is 1.97 bits per heavy atom.